The van der Waals surface area contributed by atoms with Crippen molar-refractivity contribution < 1.29 is 14.4 Å². The summed E-state index contributed by atoms with van der Waals surface area (Å²) in [6.07, 6.45) is 1.53. The van der Waals surface area contributed by atoms with E-state index in [9.17, 15) is 19.6 Å². The van der Waals surface area contributed by atoms with Crippen molar-refractivity contribution in [1.29, 1.82) is 5.26 Å². The van der Waals surface area contributed by atoms with E-state index in [1.165, 1.54) is 0 Å². The van der Waals surface area contributed by atoms with Crippen LogP contribution in [-0.4, -0.2) is 53.2 Å². The molecular weight excluding hydrogens is 452 g/mol. The third-order valence-corrected chi connectivity index (χ3v) is 8.05. The van der Waals surface area contributed by atoms with Gasteiger partial charge in [0.1, 0.15) is 12.1 Å². The maximum absolute atomic E-state index is 14.0. The number of hydrogen-bond donors (Lipinski definition) is 1. The Labute approximate surface area is 212 Å². The molecule has 0 unspecified atom stereocenters. The predicted octanol–water partition coefficient (Wildman–Crippen LogP) is 3.68. The Morgan fingerprint density at radius 3 is 2.56 bits per heavy atom. The number of likely N-dealkylation sites (N-methyl/N-ethyl adjacent to an activating group) is 1. The number of hydrogen-bond acceptors (Lipinski definition) is 4. The molecular formula is C29H32N4O3. The van der Waals surface area contributed by atoms with Crippen LogP contribution < -0.4 is 5.32 Å². The normalized spacial score (nSPS) is 26.9. The molecule has 0 bridgehead atoms. The van der Waals surface area contributed by atoms with Crippen LogP contribution in [0.2, 0.25) is 0 Å². The van der Waals surface area contributed by atoms with Gasteiger partial charge in [-0.3, -0.25) is 14.4 Å². The maximum atomic E-state index is 14.0. The van der Waals surface area contributed by atoms with Crippen LogP contribution in [0.25, 0.3) is 0 Å². The summed E-state index contributed by atoms with van der Waals surface area (Å²) < 4.78 is 0. The second-order valence-electron chi connectivity index (χ2n) is 10.9. The lowest BCUT2D eigenvalue weighted by molar-refractivity contribution is -0.146. The van der Waals surface area contributed by atoms with Gasteiger partial charge in [0.05, 0.1) is 11.5 Å². The van der Waals surface area contributed by atoms with Crippen molar-refractivity contribution in [2.45, 2.75) is 56.5 Å². The maximum Gasteiger partial charge on any atom is 0.246 e. The van der Waals surface area contributed by atoms with Crippen LogP contribution >= 0.6 is 0 Å². The summed E-state index contributed by atoms with van der Waals surface area (Å²) in [5.74, 6) is -0.245. The van der Waals surface area contributed by atoms with Crippen molar-refractivity contribution in [2.24, 2.45) is 11.8 Å². The molecule has 0 radical (unpaired) electrons. The molecule has 2 aromatic carbocycles. The number of likely N-dealkylation sites (tertiary alicyclic amines) is 1. The molecule has 186 valence electrons. The number of fused-ring (bicyclic) bond motifs is 2. The molecule has 2 aromatic rings. The summed E-state index contributed by atoms with van der Waals surface area (Å²) >= 11 is 0. The Hall–Kier alpha value is -3.66. The Morgan fingerprint density at radius 2 is 1.86 bits per heavy atom. The van der Waals surface area contributed by atoms with Gasteiger partial charge in [-0.25, -0.2) is 0 Å². The minimum Gasteiger partial charge on any atom is -0.333 e. The highest BCUT2D eigenvalue weighted by Crippen LogP contribution is 2.49. The zero-order chi connectivity index (χ0) is 25.6. The van der Waals surface area contributed by atoms with Crippen LogP contribution in [0.4, 0.5) is 5.69 Å². The molecule has 0 aromatic heterocycles. The predicted molar refractivity (Wildman–Crippen MR) is 136 cm³/mol. The van der Waals surface area contributed by atoms with Crippen LogP contribution in [0.3, 0.4) is 0 Å². The Kier molecular flexibility index (Phi) is 6.07. The number of nitrogens with one attached hydrogen (secondary N) is 1. The molecule has 3 aliphatic rings. The first kappa shape index (κ1) is 24.1. The van der Waals surface area contributed by atoms with Crippen molar-refractivity contribution in [3.63, 3.8) is 0 Å². The minimum atomic E-state index is -0.938. The van der Waals surface area contributed by atoms with Crippen molar-refractivity contribution >= 4 is 23.4 Å². The molecule has 2 aliphatic heterocycles. The lowest BCUT2D eigenvalue weighted by Crippen LogP contribution is -2.52. The smallest absolute Gasteiger partial charge is 0.246 e. The van der Waals surface area contributed by atoms with Gasteiger partial charge in [0, 0.05) is 31.6 Å². The molecule has 2 fully saturated rings. The van der Waals surface area contributed by atoms with Gasteiger partial charge in [-0.15, -0.1) is 0 Å². The average molecular weight is 485 g/mol. The fourth-order valence-corrected chi connectivity index (χ4v) is 6.00. The summed E-state index contributed by atoms with van der Waals surface area (Å²) in [6, 6.07) is 18.3. The summed E-state index contributed by atoms with van der Waals surface area (Å²) in [5, 5.41) is 12.9. The monoisotopic (exact) mass is 484 g/mol. The van der Waals surface area contributed by atoms with Crippen molar-refractivity contribution in [2.75, 3.05) is 18.9 Å². The van der Waals surface area contributed by atoms with E-state index in [2.05, 4.69) is 11.4 Å². The molecule has 5 atom stereocenters. The molecule has 2 heterocycles. The zero-order valence-electron chi connectivity index (χ0n) is 21.0. The average Bonchev–Trinajstić information content (AvgIpc) is 3.52. The number of nitriles is 1. The fourth-order valence-electron chi connectivity index (χ4n) is 6.00. The van der Waals surface area contributed by atoms with Gasteiger partial charge in [-0.1, -0.05) is 62.4 Å². The first-order valence-electron chi connectivity index (χ1n) is 12.7. The molecule has 3 amide bonds. The molecule has 1 aliphatic carbocycles. The van der Waals surface area contributed by atoms with E-state index < -0.39 is 17.5 Å². The van der Waals surface area contributed by atoms with Crippen LogP contribution in [0, 0.1) is 23.2 Å². The Balaban J connectivity index is 1.39. The molecule has 36 heavy (non-hydrogen) atoms. The van der Waals surface area contributed by atoms with E-state index in [1.807, 2.05) is 68.4 Å². The number of rotatable bonds is 6. The van der Waals surface area contributed by atoms with Gasteiger partial charge in [-0.05, 0) is 41.9 Å². The van der Waals surface area contributed by atoms with Crippen molar-refractivity contribution in [3.8, 4) is 6.07 Å². The molecule has 5 rings (SSSR count). The van der Waals surface area contributed by atoms with Gasteiger partial charge >= 0.3 is 0 Å². The van der Waals surface area contributed by atoms with E-state index in [0.29, 0.717) is 6.42 Å². The largest absolute Gasteiger partial charge is 0.333 e. The third kappa shape index (κ3) is 3.95. The molecule has 7 heteroatoms. The second-order valence-corrected chi connectivity index (χ2v) is 10.9. The molecule has 1 saturated heterocycles. The SMILES string of the molecule is CC(C)C[C@@H](C(=O)N1C[C@]2(C[C@H]1C#N)C(=O)Nc1ccccc12)N(C)C(=O)[C@H]1C[C@@H]1c1ccccc1. The third-order valence-electron chi connectivity index (χ3n) is 8.05. The Morgan fingerprint density at radius 1 is 1.17 bits per heavy atom. The van der Waals surface area contributed by atoms with Gasteiger partial charge in [0.25, 0.3) is 0 Å². The lowest BCUT2D eigenvalue weighted by atomic mass is 9.80. The zero-order valence-corrected chi connectivity index (χ0v) is 21.0. The van der Waals surface area contributed by atoms with Crippen LogP contribution in [0.5, 0.6) is 0 Å². The first-order chi connectivity index (χ1) is 17.3. The van der Waals surface area contributed by atoms with Gasteiger partial charge < -0.3 is 15.1 Å². The number of para-hydroxylation sites is 1. The van der Waals surface area contributed by atoms with Crippen LogP contribution in [0.15, 0.2) is 54.6 Å². The highest BCUT2D eigenvalue weighted by Gasteiger charge is 2.57. The fraction of sp³-hybridized carbons (Fsp3) is 0.448. The lowest BCUT2D eigenvalue weighted by Gasteiger charge is -2.33. The molecule has 1 saturated carbocycles. The number of benzene rings is 2. The number of nitrogens with zero attached hydrogens (tertiary/aromatic N) is 3. The second kappa shape index (κ2) is 9.09. The summed E-state index contributed by atoms with van der Waals surface area (Å²) in [4.78, 5) is 43.7. The van der Waals surface area contributed by atoms with Gasteiger partial charge in [-0.2, -0.15) is 5.26 Å². The highest BCUT2D eigenvalue weighted by atomic mass is 16.2. The van der Waals surface area contributed by atoms with E-state index in [-0.39, 0.29) is 48.4 Å². The van der Waals surface area contributed by atoms with E-state index in [4.69, 9.17) is 0 Å². The van der Waals surface area contributed by atoms with Crippen LogP contribution in [-0.2, 0) is 19.8 Å². The molecule has 1 N–H and O–H groups in total. The van der Waals surface area contributed by atoms with Crippen molar-refractivity contribution in [3.05, 3.63) is 65.7 Å². The summed E-state index contributed by atoms with van der Waals surface area (Å²) in [5.41, 5.74) is 1.78. The highest BCUT2D eigenvalue weighted by molar-refractivity contribution is 6.07. The summed E-state index contributed by atoms with van der Waals surface area (Å²) in [6.45, 7) is 4.19. The number of carbonyl (C=O) groups is 3. The number of carbonyl (C=O) groups excluding carboxylic acids is 3. The van der Waals surface area contributed by atoms with E-state index in [1.54, 1.807) is 16.8 Å². The number of anilines is 1. The van der Waals surface area contributed by atoms with E-state index >= 15 is 0 Å². The Bertz CT molecular complexity index is 1240. The molecule has 7 nitrogen and oxygen atoms in total. The quantitative estimate of drug-likeness (QED) is 0.677. The standard InChI is InChI=1S/C29H32N4O3/c1-18(2)13-25(32(3)26(34)22-14-21(22)19-9-5-4-6-10-19)27(35)33-17-29(15-20(33)16-30)23-11-7-8-12-24(23)31-28(29)36/h4-12,18,20-22,25H,13-15,17H2,1-3H3,(H,31,36)/t20-,21+,22-,25-,29-/m0/s1. The number of amides is 3. The van der Waals surface area contributed by atoms with Crippen LogP contribution in [0.1, 0.15) is 50.2 Å². The topological polar surface area (TPSA) is 93.5 Å². The van der Waals surface area contributed by atoms with E-state index in [0.717, 1.165) is 23.2 Å². The van der Waals surface area contributed by atoms with Gasteiger partial charge in [0.2, 0.25) is 17.7 Å². The summed E-state index contributed by atoms with van der Waals surface area (Å²) in [7, 11) is 1.71. The van der Waals surface area contributed by atoms with Gasteiger partial charge in [0.15, 0.2) is 0 Å². The minimum absolute atomic E-state index is 0.0331. The first-order valence-corrected chi connectivity index (χ1v) is 12.7. The van der Waals surface area contributed by atoms with Crippen molar-refractivity contribution in [1.82, 2.24) is 9.80 Å². The molecule has 1 spiro atoms.